The second-order valence-electron chi connectivity index (χ2n) is 6.90. The molecule has 0 spiro atoms. The van der Waals surface area contributed by atoms with E-state index in [0.717, 1.165) is 29.5 Å². The molecule has 1 aromatic rings. The van der Waals surface area contributed by atoms with Crippen LogP contribution in [0.25, 0.3) is 0 Å². The number of hydrogen-bond donors (Lipinski definition) is 2. The zero-order valence-corrected chi connectivity index (χ0v) is 11.3. The van der Waals surface area contributed by atoms with Crippen molar-refractivity contribution in [3.8, 4) is 0 Å². The Hall–Kier alpha value is -0.870. The highest BCUT2D eigenvalue weighted by atomic mass is 16.3. The minimum atomic E-state index is -0.341. The van der Waals surface area contributed by atoms with Gasteiger partial charge in [0.05, 0.1) is 12.6 Å². The number of aromatic nitrogens is 2. The predicted molar refractivity (Wildman–Crippen MR) is 72.3 cm³/mol. The zero-order chi connectivity index (χ0) is 13.0. The largest absolute Gasteiger partial charge is 0.394 e. The Labute approximate surface area is 114 Å². The summed E-state index contributed by atoms with van der Waals surface area (Å²) >= 11 is 0. The summed E-state index contributed by atoms with van der Waals surface area (Å²) in [6.07, 6.45) is 11.0. The topological polar surface area (TPSA) is 64.1 Å². The lowest BCUT2D eigenvalue weighted by Crippen LogP contribution is -2.46. The zero-order valence-electron chi connectivity index (χ0n) is 11.3. The van der Waals surface area contributed by atoms with Crippen LogP contribution in [0.3, 0.4) is 0 Å². The summed E-state index contributed by atoms with van der Waals surface area (Å²) in [4.78, 5) is 4.40. The molecule has 0 aliphatic heterocycles. The van der Waals surface area contributed by atoms with Crippen LogP contribution in [0.1, 0.15) is 50.0 Å². The fourth-order valence-electron chi connectivity index (χ4n) is 5.30. The first kappa shape index (κ1) is 11.9. The lowest BCUT2D eigenvalue weighted by Gasteiger charge is -2.55. The Bertz CT molecular complexity index is 442. The summed E-state index contributed by atoms with van der Waals surface area (Å²) in [5.74, 6) is 4.47. The van der Waals surface area contributed by atoms with Crippen molar-refractivity contribution in [2.45, 2.75) is 44.2 Å². The van der Waals surface area contributed by atoms with Crippen molar-refractivity contribution in [3.63, 3.8) is 0 Å². The van der Waals surface area contributed by atoms with Crippen molar-refractivity contribution in [2.24, 2.45) is 29.4 Å². The smallest absolute Gasteiger partial charge is 0.128 e. The van der Waals surface area contributed by atoms with Gasteiger partial charge in [0.15, 0.2) is 0 Å². The van der Waals surface area contributed by atoms with Crippen LogP contribution in [0.2, 0.25) is 0 Å². The molecular weight excluding hydrogens is 238 g/mol. The molecule has 0 saturated heterocycles. The normalized spacial score (nSPS) is 41.7. The summed E-state index contributed by atoms with van der Waals surface area (Å²) in [5.41, 5.74) is 6.00. The molecule has 4 aliphatic rings. The third kappa shape index (κ3) is 1.77. The van der Waals surface area contributed by atoms with Gasteiger partial charge < -0.3 is 15.4 Å². The fraction of sp³-hybridized carbons (Fsp3) is 0.800. The number of imidazole rings is 1. The second kappa shape index (κ2) is 4.32. The maximum Gasteiger partial charge on any atom is 0.128 e. The minimum Gasteiger partial charge on any atom is -0.394 e. The first-order chi connectivity index (χ1) is 9.26. The molecule has 0 radical (unpaired) electrons. The number of hydrogen-bond acceptors (Lipinski definition) is 3. The second-order valence-corrected chi connectivity index (χ2v) is 6.90. The van der Waals surface area contributed by atoms with Crippen LogP contribution in [0.5, 0.6) is 0 Å². The molecule has 1 unspecified atom stereocenters. The Morgan fingerprint density at radius 3 is 2.42 bits per heavy atom. The van der Waals surface area contributed by atoms with E-state index >= 15 is 0 Å². The van der Waals surface area contributed by atoms with Crippen molar-refractivity contribution >= 4 is 0 Å². The minimum absolute atomic E-state index is 0.0235. The summed E-state index contributed by atoms with van der Waals surface area (Å²) < 4.78 is 2.30. The lowest BCUT2D eigenvalue weighted by molar-refractivity contribution is -0.0306. The van der Waals surface area contributed by atoms with Crippen LogP contribution in [0.15, 0.2) is 12.4 Å². The summed E-state index contributed by atoms with van der Waals surface area (Å²) in [5, 5.41) is 9.30. The van der Waals surface area contributed by atoms with Gasteiger partial charge in [-0.15, -0.1) is 0 Å². The van der Waals surface area contributed by atoms with E-state index in [4.69, 9.17) is 5.73 Å². The van der Waals surface area contributed by atoms with E-state index in [9.17, 15) is 5.11 Å². The molecule has 4 saturated carbocycles. The monoisotopic (exact) mass is 261 g/mol. The molecule has 0 aromatic carbocycles. The van der Waals surface area contributed by atoms with E-state index in [-0.39, 0.29) is 12.6 Å². The van der Waals surface area contributed by atoms with Crippen LogP contribution in [-0.2, 0) is 0 Å². The van der Waals surface area contributed by atoms with Gasteiger partial charge in [-0.05, 0) is 55.8 Å². The van der Waals surface area contributed by atoms with Gasteiger partial charge in [-0.25, -0.2) is 4.98 Å². The van der Waals surface area contributed by atoms with Crippen molar-refractivity contribution in [2.75, 3.05) is 6.61 Å². The summed E-state index contributed by atoms with van der Waals surface area (Å²) in [7, 11) is 0. The third-order valence-corrected chi connectivity index (χ3v) is 5.73. The van der Waals surface area contributed by atoms with Crippen molar-refractivity contribution < 1.29 is 5.11 Å². The molecule has 5 rings (SSSR count). The van der Waals surface area contributed by atoms with Crippen LogP contribution < -0.4 is 5.73 Å². The SMILES string of the molecule is NC(CO)c1nccn1C1C2CC3CC(C2)CC1C3. The number of nitrogens with two attached hydrogens (primary N) is 1. The van der Waals surface area contributed by atoms with Crippen LogP contribution in [0.4, 0.5) is 0 Å². The first-order valence-corrected chi connectivity index (χ1v) is 7.65. The van der Waals surface area contributed by atoms with Gasteiger partial charge in [0, 0.05) is 18.4 Å². The first-order valence-electron chi connectivity index (χ1n) is 7.65. The number of aliphatic hydroxyl groups is 1. The van der Waals surface area contributed by atoms with Crippen molar-refractivity contribution in [1.82, 2.24) is 9.55 Å². The highest BCUT2D eigenvalue weighted by Crippen LogP contribution is 2.58. The van der Waals surface area contributed by atoms with E-state index in [1.807, 2.05) is 6.20 Å². The fourth-order valence-corrected chi connectivity index (χ4v) is 5.30. The molecule has 3 N–H and O–H groups in total. The number of rotatable bonds is 3. The quantitative estimate of drug-likeness (QED) is 0.873. The number of aliphatic hydroxyl groups excluding tert-OH is 1. The van der Waals surface area contributed by atoms with E-state index < -0.39 is 0 Å². The van der Waals surface area contributed by atoms with E-state index in [2.05, 4.69) is 15.7 Å². The Morgan fingerprint density at radius 1 is 1.21 bits per heavy atom. The summed E-state index contributed by atoms with van der Waals surface area (Å²) in [6, 6.07) is 0.245. The lowest BCUT2D eigenvalue weighted by atomic mass is 9.54. The molecule has 4 fully saturated rings. The average Bonchev–Trinajstić information content (AvgIpc) is 2.85. The third-order valence-electron chi connectivity index (χ3n) is 5.73. The van der Waals surface area contributed by atoms with Crippen molar-refractivity contribution in [1.29, 1.82) is 0 Å². The standard InChI is InChI=1S/C15H23N3O/c16-13(8-19)15-17-1-2-18(15)14-11-4-9-3-10(6-11)7-12(14)5-9/h1-2,9-14,19H,3-8,16H2. The van der Waals surface area contributed by atoms with Gasteiger partial charge in [-0.3, -0.25) is 0 Å². The summed E-state index contributed by atoms with van der Waals surface area (Å²) in [6.45, 7) is -0.0235. The molecule has 1 heterocycles. The molecule has 4 bridgehead atoms. The molecule has 4 aliphatic carbocycles. The van der Waals surface area contributed by atoms with Gasteiger partial charge in [0.25, 0.3) is 0 Å². The Morgan fingerprint density at radius 2 is 1.84 bits per heavy atom. The molecule has 104 valence electrons. The molecule has 0 amide bonds. The van der Waals surface area contributed by atoms with Crippen LogP contribution in [0, 0.1) is 23.7 Å². The van der Waals surface area contributed by atoms with Crippen LogP contribution in [-0.4, -0.2) is 21.3 Å². The Kier molecular flexibility index (Phi) is 2.71. The number of nitrogens with zero attached hydrogens (tertiary/aromatic N) is 2. The van der Waals surface area contributed by atoms with E-state index in [0.29, 0.717) is 6.04 Å². The van der Waals surface area contributed by atoms with Gasteiger partial charge >= 0.3 is 0 Å². The van der Waals surface area contributed by atoms with E-state index in [1.165, 1.54) is 32.1 Å². The highest BCUT2D eigenvalue weighted by Gasteiger charge is 2.49. The molecule has 1 atom stereocenters. The average molecular weight is 261 g/mol. The predicted octanol–water partition coefficient (Wildman–Crippen LogP) is 1.87. The van der Waals surface area contributed by atoms with Crippen molar-refractivity contribution in [3.05, 3.63) is 18.2 Å². The maximum absolute atomic E-state index is 9.30. The van der Waals surface area contributed by atoms with Crippen LogP contribution >= 0.6 is 0 Å². The molecule has 19 heavy (non-hydrogen) atoms. The van der Waals surface area contributed by atoms with Gasteiger partial charge in [0.2, 0.25) is 0 Å². The molecule has 4 heteroatoms. The Balaban J connectivity index is 1.67. The van der Waals surface area contributed by atoms with Gasteiger partial charge in [-0.2, -0.15) is 0 Å². The van der Waals surface area contributed by atoms with Gasteiger partial charge in [-0.1, -0.05) is 0 Å². The van der Waals surface area contributed by atoms with Gasteiger partial charge in [0.1, 0.15) is 5.82 Å². The highest BCUT2D eigenvalue weighted by molar-refractivity contribution is 5.07. The molecule has 4 nitrogen and oxygen atoms in total. The molecule has 1 aromatic heterocycles. The maximum atomic E-state index is 9.30. The molecular formula is C15H23N3O. The van der Waals surface area contributed by atoms with E-state index in [1.54, 1.807) is 0 Å².